The van der Waals surface area contributed by atoms with E-state index < -0.39 is 0 Å². The van der Waals surface area contributed by atoms with Crippen LogP contribution in [-0.2, 0) is 13.0 Å². The Morgan fingerprint density at radius 1 is 1.19 bits per heavy atom. The summed E-state index contributed by atoms with van der Waals surface area (Å²) in [6.07, 6.45) is 2.29. The molecule has 1 unspecified atom stereocenters. The van der Waals surface area contributed by atoms with E-state index in [2.05, 4.69) is 45.5 Å². The summed E-state index contributed by atoms with van der Waals surface area (Å²) >= 11 is 3.54. The molecule has 0 saturated carbocycles. The standard InChI is InChI=1S/C17H16BrNO2/c18-13-5-6-14-11(8-13)4-7-15(14)19-9-12-2-1-3-16-17(12)21-10-20-16/h1-3,5-6,8,15,19H,4,7,9-10H2. The third-order valence-electron chi connectivity index (χ3n) is 4.20. The molecule has 1 heterocycles. The summed E-state index contributed by atoms with van der Waals surface area (Å²) in [4.78, 5) is 0. The Labute approximate surface area is 132 Å². The summed E-state index contributed by atoms with van der Waals surface area (Å²) in [6.45, 7) is 1.12. The van der Waals surface area contributed by atoms with Crippen molar-refractivity contribution in [3.05, 3.63) is 57.6 Å². The minimum atomic E-state index is 0.326. The third kappa shape index (κ3) is 2.43. The van der Waals surface area contributed by atoms with Crippen LogP contribution in [0, 0.1) is 0 Å². The molecule has 1 aliphatic carbocycles. The molecule has 0 amide bonds. The topological polar surface area (TPSA) is 30.5 Å². The molecule has 0 saturated heterocycles. The van der Waals surface area contributed by atoms with Gasteiger partial charge in [0.15, 0.2) is 11.5 Å². The molecule has 1 atom stereocenters. The molecular formula is C17H16BrNO2. The molecule has 1 aliphatic heterocycles. The normalized spacial score (nSPS) is 18.8. The zero-order valence-electron chi connectivity index (χ0n) is 11.6. The number of aryl methyl sites for hydroxylation is 1. The molecular weight excluding hydrogens is 330 g/mol. The van der Waals surface area contributed by atoms with Gasteiger partial charge in [0.1, 0.15) is 0 Å². The molecule has 2 aromatic carbocycles. The number of hydrogen-bond acceptors (Lipinski definition) is 3. The Bertz CT molecular complexity index is 686. The van der Waals surface area contributed by atoms with Crippen molar-refractivity contribution in [2.24, 2.45) is 0 Å². The van der Waals surface area contributed by atoms with Gasteiger partial charge in [-0.15, -0.1) is 0 Å². The van der Waals surface area contributed by atoms with E-state index in [4.69, 9.17) is 9.47 Å². The summed E-state index contributed by atoms with van der Waals surface area (Å²) in [5.41, 5.74) is 4.03. The molecule has 0 aromatic heterocycles. The number of para-hydroxylation sites is 1. The molecule has 21 heavy (non-hydrogen) atoms. The minimum absolute atomic E-state index is 0.326. The van der Waals surface area contributed by atoms with E-state index in [1.165, 1.54) is 11.1 Å². The summed E-state index contributed by atoms with van der Waals surface area (Å²) < 4.78 is 12.1. The summed E-state index contributed by atoms with van der Waals surface area (Å²) in [7, 11) is 0. The lowest BCUT2D eigenvalue weighted by molar-refractivity contribution is 0.173. The molecule has 2 aromatic rings. The summed E-state index contributed by atoms with van der Waals surface area (Å²) in [5, 5.41) is 3.65. The van der Waals surface area contributed by atoms with Crippen LogP contribution in [-0.4, -0.2) is 6.79 Å². The Kier molecular flexibility index (Phi) is 3.36. The van der Waals surface area contributed by atoms with Crippen LogP contribution in [0.1, 0.15) is 29.2 Å². The average Bonchev–Trinajstić information content (AvgIpc) is 3.11. The number of hydrogen-bond donors (Lipinski definition) is 1. The molecule has 108 valence electrons. The number of ether oxygens (including phenoxy) is 2. The van der Waals surface area contributed by atoms with Gasteiger partial charge in [-0.05, 0) is 42.2 Å². The van der Waals surface area contributed by atoms with Crippen LogP contribution in [0.2, 0.25) is 0 Å². The van der Waals surface area contributed by atoms with E-state index in [0.29, 0.717) is 12.8 Å². The second-order valence-corrected chi connectivity index (χ2v) is 6.38. The molecule has 4 heteroatoms. The number of benzene rings is 2. The Hall–Kier alpha value is -1.52. The lowest BCUT2D eigenvalue weighted by Crippen LogP contribution is -2.18. The number of nitrogens with one attached hydrogen (secondary N) is 1. The van der Waals surface area contributed by atoms with Gasteiger partial charge in [-0.3, -0.25) is 0 Å². The van der Waals surface area contributed by atoms with Crippen molar-refractivity contribution >= 4 is 15.9 Å². The van der Waals surface area contributed by atoms with Gasteiger partial charge in [0.05, 0.1) is 0 Å². The monoisotopic (exact) mass is 345 g/mol. The highest BCUT2D eigenvalue weighted by Gasteiger charge is 2.23. The van der Waals surface area contributed by atoms with E-state index in [1.807, 2.05) is 12.1 Å². The van der Waals surface area contributed by atoms with Crippen LogP contribution in [0.3, 0.4) is 0 Å². The molecule has 0 spiro atoms. The second kappa shape index (κ2) is 5.35. The molecule has 0 fully saturated rings. The van der Waals surface area contributed by atoms with Crippen molar-refractivity contribution in [2.75, 3.05) is 6.79 Å². The fourth-order valence-corrected chi connectivity index (χ4v) is 3.57. The highest BCUT2D eigenvalue weighted by molar-refractivity contribution is 9.10. The molecule has 1 N–H and O–H groups in total. The zero-order chi connectivity index (χ0) is 14.2. The second-order valence-electron chi connectivity index (χ2n) is 5.47. The van der Waals surface area contributed by atoms with Gasteiger partial charge >= 0.3 is 0 Å². The van der Waals surface area contributed by atoms with E-state index in [9.17, 15) is 0 Å². The van der Waals surface area contributed by atoms with Gasteiger partial charge in [-0.2, -0.15) is 0 Å². The Balaban J connectivity index is 1.51. The fourth-order valence-electron chi connectivity index (χ4n) is 3.16. The largest absolute Gasteiger partial charge is 0.454 e. The van der Waals surface area contributed by atoms with Crippen molar-refractivity contribution in [3.63, 3.8) is 0 Å². The van der Waals surface area contributed by atoms with Gasteiger partial charge in [0, 0.05) is 22.6 Å². The van der Waals surface area contributed by atoms with Crippen molar-refractivity contribution in [1.29, 1.82) is 0 Å². The van der Waals surface area contributed by atoms with Gasteiger partial charge in [-0.1, -0.05) is 34.1 Å². The predicted octanol–water partition coefficient (Wildman–Crippen LogP) is 3.95. The van der Waals surface area contributed by atoms with Gasteiger partial charge in [0.2, 0.25) is 6.79 Å². The van der Waals surface area contributed by atoms with Crippen LogP contribution in [0.4, 0.5) is 0 Å². The SMILES string of the molecule is Brc1ccc2c(c1)CCC2NCc1cccc2c1OCO2. The number of fused-ring (bicyclic) bond motifs is 2. The van der Waals surface area contributed by atoms with Crippen molar-refractivity contribution in [3.8, 4) is 11.5 Å². The maximum Gasteiger partial charge on any atom is 0.231 e. The Morgan fingerprint density at radius 3 is 3.10 bits per heavy atom. The molecule has 3 nitrogen and oxygen atoms in total. The van der Waals surface area contributed by atoms with Crippen molar-refractivity contribution in [2.45, 2.75) is 25.4 Å². The molecule has 2 aliphatic rings. The third-order valence-corrected chi connectivity index (χ3v) is 4.69. The van der Waals surface area contributed by atoms with Crippen molar-refractivity contribution in [1.82, 2.24) is 5.32 Å². The Morgan fingerprint density at radius 2 is 2.14 bits per heavy atom. The zero-order valence-corrected chi connectivity index (χ0v) is 13.2. The molecule has 4 rings (SSSR count). The van der Waals surface area contributed by atoms with E-state index in [-0.39, 0.29) is 0 Å². The quantitative estimate of drug-likeness (QED) is 0.913. The fraction of sp³-hybridized carbons (Fsp3) is 0.294. The molecule has 0 bridgehead atoms. The first-order valence-electron chi connectivity index (χ1n) is 7.20. The minimum Gasteiger partial charge on any atom is -0.454 e. The van der Waals surface area contributed by atoms with E-state index in [1.54, 1.807) is 0 Å². The highest BCUT2D eigenvalue weighted by atomic mass is 79.9. The van der Waals surface area contributed by atoms with Gasteiger partial charge in [-0.25, -0.2) is 0 Å². The van der Waals surface area contributed by atoms with Crippen LogP contribution in [0.15, 0.2) is 40.9 Å². The average molecular weight is 346 g/mol. The van der Waals surface area contributed by atoms with Gasteiger partial charge in [0.25, 0.3) is 0 Å². The molecule has 0 radical (unpaired) electrons. The maximum atomic E-state index is 5.56. The maximum absolute atomic E-state index is 5.56. The van der Waals surface area contributed by atoms with Gasteiger partial charge < -0.3 is 14.8 Å². The predicted molar refractivity (Wildman–Crippen MR) is 84.6 cm³/mol. The lowest BCUT2D eigenvalue weighted by Gasteiger charge is -2.15. The first kappa shape index (κ1) is 13.2. The number of halogens is 1. The first-order chi connectivity index (χ1) is 10.3. The van der Waals surface area contributed by atoms with Crippen LogP contribution in [0.25, 0.3) is 0 Å². The van der Waals surface area contributed by atoms with Crippen LogP contribution >= 0.6 is 15.9 Å². The van der Waals surface area contributed by atoms with E-state index >= 15 is 0 Å². The van der Waals surface area contributed by atoms with Crippen LogP contribution < -0.4 is 14.8 Å². The summed E-state index contributed by atoms with van der Waals surface area (Å²) in [5.74, 6) is 1.74. The number of rotatable bonds is 3. The highest BCUT2D eigenvalue weighted by Crippen LogP contribution is 2.37. The summed E-state index contributed by atoms with van der Waals surface area (Å²) in [6, 6.07) is 13.1. The lowest BCUT2D eigenvalue weighted by atomic mass is 10.1. The van der Waals surface area contributed by atoms with E-state index in [0.717, 1.165) is 40.9 Å². The first-order valence-corrected chi connectivity index (χ1v) is 8.00. The smallest absolute Gasteiger partial charge is 0.231 e. The van der Waals surface area contributed by atoms with Crippen LogP contribution in [0.5, 0.6) is 11.5 Å². The van der Waals surface area contributed by atoms with Crippen molar-refractivity contribution < 1.29 is 9.47 Å².